The van der Waals surface area contributed by atoms with Crippen LogP contribution in [0.4, 0.5) is 10.2 Å². The first-order chi connectivity index (χ1) is 11.5. The van der Waals surface area contributed by atoms with Gasteiger partial charge in [0.05, 0.1) is 0 Å². The minimum atomic E-state index is -0.216. The lowest BCUT2D eigenvalue weighted by molar-refractivity contribution is 0.0943. The van der Waals surface area contributed by atoms with Crippen molar-refractivity contribution >= 4 is 11.7 Å². The number of nitrogens with one attached hydrogen (secondary N) is 2. The van der Waals surface area contributed by atoms with Gasteiger partial charge < -0.3 is 10.6 Å². The number of benzene rings is 1. The molecule has 0 atom stereocenters. The van der Waals surface area contributed by atoms with Crippen molar-refractivity contribution < 1.29 is 9.18 Å². The Hall–Kier alpha value is -2.50. The summed E-state index contributed by atoms with van der Waals surface area (Å²) in [6.45, 7) is 6.91. The van der Waals surface area contributed by atoms with Crippen LogP contribution in [0.3, 0.4) is 0 Å². The molecule has 0 radical (unpaired) electrons. The normalized spacial score (nSPS) is 10.7. The number of hydrogen-bond donors (Lipinski definition) is 2. The Morgan fingerprint density at radius 1 is 1.25 bits per heavy atom. The fraction of sp³-hybridized carbons (Fsp3) is 0.389. The Kier molecular flexibility index (Phi) is 6.23. The number of halogens is 1. The SMILES string of the molecule is Cc1nc(NCCc2ccccc2F)cc(C(=O)NCC(C)C)n1. The van der Waals surface area contributed by atoms with Crippen molar-refractivity contribution in [2.75, 3.05) is 18.4 Å². The summed E-state index contributed by atoms with van der Waals surface area (Å²) in [5.41, 5.74) is 0.974. The van der Waals surface area contributed by atoms with E-state index in [2.05, 4.69) is 20.6 Å². The second kappa shape index (κ2) is 8.38. The van der Waals surface area contributed by atoms with Gasteiger partial charge in [-0.2, -0.15) is 0 Å². The molecule has 0 saturated carbocycles. The molecule has 2 rings (SSSR count). The molecule has 0 bridgehead atoms. The molecule has 5 nitrogen and oxygen atoms in total. The predicted molar refractivity (Wildman–Crippen MR) is 92.5 cm³/mol. The summed E-state index contributed by atoms with van der Waals surface area (Å²) in [6, 6.07) is 8.30. The van der Waals surface area contributed by atoms with E-state index >= 15 is 0 Å². The van der Waals surface area contributed by atoms with E-state index < -0.39 is 0 Å². The number of rotatable bonds is 7. The van der Waals surface area contributed by atoms with E-state index in [4.69, 9.17) is 0 Å². The van der Waals surface area contributed by atoms with Gasteiger partial charge in [-0.05, 0) is 30.9 Å². The first-order valence-electron chi connectivity index (χ1n) is 8.07. The molecule has 24 heavy (non-hydrogen) atoms. The molecule has 6 heteroatoms. The second-order valence-electron chi connectivity index (χ2n) is 6.06. The van der Waals surface area contributed by atoms with Gasteiger partial charge in [0.2, 0.25) is 0 Å². The van der Waals surface area contributed by atoms with Gasteiger partial charge in [0, 0.05) is 19.2 Å². The molecule has 1 amide bonds. The molecule has 0 spiro atoms. The zero-order valence-electron chi connectivity index (χ0n) is 14.3. The molecule has 0 unspecified atom stereocenters. The van der Waals surface area contributed by atoms with E-state index in [0.717, 1.165) is 0 Å². The van der Waals surface area contributed by atoms with Crippen LogP contribution in [0.15, 0.2) is 30.3 Å². The molecule has 0 aliphatic carbocycles. The van der Waals surface area contributed by atoms with E-state index in [0.29, 0.717) is 48.3 Å². The highest BCUT2D eigenvalue weighted by Crippen LogP contribution is 2.10. The first kappa shape index (κ1) is 17.8. The van der Waals surface area contributed by atoms with Gasteiger partial charge in [0.25, 0.3) is 5.91 Å². The quantitative estimate of drug-likeness (QED) is 0.819. The summed E-state index contributed by atoms with van der Waals surface area (Å²) in [5, 5.41) is 5.96. The van der Waals surface area contributed by atoms with Gasteiger partial charge in [0.15, 0.2) is 0 Å². The molecule has 2 N–H and O–H groups in total. The molecule has 1 heterocycles. The Labute approximate surface area is 141 Å². The van der Waals surface area contributed by atoms with Crippen LogP contribution in [0.2, 0.25) is 0 Å². The Bertz CT molecular complexity index is 703. The van der Waals surface area contributed by atoms with Crippen LogP contribution < -0.4 is 10.6 Å². The highest BCUT2D eigenvalue weighted by molar-refractivity contribution is 5.92. The molecule has 1 aromatic heterocycles. The van der Waals surface area contributed by atoms with Gasteiger partial charge in [-0.1, -0.05) is 32.0 Å². The van der Waals surface area contributed by atoms with E-state index in [-0.39, 0.29) is 11.7 Å². The molecule has 0 saturated heterocycles. The molecular formula is C18H23FN4O. The number of hydrogen-bond acceptors (Lipinski definition) is 4. The zero-order valence-corrected chi connectivity index (χ0v) is 14.3. The number of carbonyl (C=O) groups is 1. The van der Waals surface area contributed by atoms with E-state index in [1.165, 1.54) is 6.07 Å². The third kappa shape index (κ3) is 5.30. The summed E-state index contributed by atoms with van der Waals surface area (Å²) in [6.07, 6.45) is 0.532. The lowest BCUT2D eigenvalue weighted by atomic mass is 10.1. The van der Waals surface area contributed by atoms with Crippen molar-refractivity contribution in [1.29, 1.82) is 0 Å². The predicted octanol–water partition coefficient (Wildman–Crippen LogP) is 2.96. The summed E-state index contributed by atoms with van der Waals surface area (Å²) in [4.78, 5) is 20.6. The van der Waals surface area contributed by atoms with Crippen molar-refractivity contribution in [2.45, 2.75) is 27.2 Å². The van der Waals surface area contributed by atoms with Crippen LogP contribution >= 0.6 is 0 Å². The maximum atomic E-state index is 13.6. The highest BCUT2D eigenvalue weighted by Gasteiger charge is 2.11. The van der Waals surface area contributed by atoms with E-state index in [1.807, 2.05) is 19.9 Å². The molecule has 0 aliphatic heterocycles. The molecule has 0 fully saturated rings. The van der Waals surface area contributed by atoms with Crippen molar-refractivity contribution in [2.24, 2.45) is 5.92 Å². The van der Waals surface area contributed by atoms with Gasteiger partial charge in [-0.15, -0.1) is 0 Å². The number of aromatic nitrogens is 2. The molecule has 1 aromatic carbocycles. The average Bonchev–Trinajstić information content (AvgIpc) is 2.54. The van der Waals surface area contributed by atoms with Crippen molar-refractivity contribution in [3.05, 3.63) is 53.2 Å². The molecular weight excluding hydrogens is 307 g/mol. The number of aryl methyl sites for hydroxylation is 1. The van der Waals surface area contributed by atoms with Crippen LogP contribution in [-0.2, 0) is 6.42 Å². The summed E-state index contributed by atoms with van der Waals surface area (Å²) < 4.78 is 13.6. The summed E-state index contributed by atoms with van der Waals surface area (Å²) >= 11 is 0. The number of amides is 1. The summed E-state index contributed by atoms with van der Waals surface area (Å²) in [7, 11) is 0. The Balaban J connectivity index is 1.98. The molecule has 2 aromatic rings. The topological polar surface area (TPSA) is 66.9 Å². The largest absolute Gasteiger partial charge is 0.370 e. The third-order valence-electron chi connectivity index (χ3n) is 3.40. The van der Waals surface area contributed by atoms with E-state index in [9.17, 15) is 9.18 Å². The maximum Gasteiger partial charge on any atom is 0.270 e. The van der Waals surface area contributed by atoms with Crippen LogP contribution in [0.25, 0.3) is 0 Å². The first-order valence-corrected chi connectivity index (χ1v) is 8.07. The van der Waals surface area contributed by atoms with Gasteiger partial charge in [-0.25, -0.2) is 14.4 Å². The average molecular weight is 330 g/mol. The second-order valence-corrected chi connectivity index (χ2v) is 6.06. The maximum absolute atomic E-state index is 13.6. The van der Waals surface area contributed by atoms with E-state index in [1.54, 1.807) is 25.1 Å². The Morgan fingerprint density at radius 3 is 2.71 bits per heavy atom. The van der Waals surface area contributed by atoms with Crippen LogP contribution in [0.1, 0.15) is 35.7 Å². The minimum Gasteiger partial charge on any atom is -0.370 e. The van der Waals surface area contributed by atoms with Crippen molar-refractivity contribution in [3.8, 4) is 0 Å². The standard InChI is InChI=1S/C18H23FN4O/c1-12(2)11-21-18(24)16-10-17(23-13(3)22-16)20-9-8-14-6-4-5-7-15(14)19/h4-7,10,12H,8-9,11H2,1-3H3,(H,21,24)(H,20,22,23). The van der Waals surface area contributed by atoms with Crippen LogP contribution in [-0.4, -0.2) is 29.0 Å². The fourth-order valence-corrected chi connectivity index (χ4v) is 2.19. The molecule has 0 aliphatic rings. The zero-order chi connectivity index (χ0) is 17.5. The lowest BCUT2D eigenvalue weighted by Gasteiger charge is -2.10. The highest BCUT2D eigenvalue weighted by atomic mass is 19.1. The minimum absolute atomic E-state index is 0.216. The molecule has 128 valence electrons. The van der Waals surface area contributed by atoms with Crippen LogP contribution in [0.5, 0.6) is 0 Å². The van der Waals surface area contributed by atoms with Gasteiger partial charge in [-0.3, -0.25) is 4.79 Å². The summed E-state index contributed by atoms with van der Waals surface area (Å²) in [5.74, 6) is 1.02. The lowest BCUT2D eigenvalue weighted by Crippen LogP contribution is -2.28. The number of carbonyl (C=O) groups excluding carboxylic acids is 1. The number of anilines is 1. The fourth-order valence-electron chi connectivity index (χ4n) is 2.19. The van der Waals surface area contributed by atoms with Gasteiger partial charge >= 0.3 is 0 Å². The Morgan fingerprint density at radius 2 is 2.00 bits per heavy atom. The number of nitrogens with zero attached hydrogens (tertiary/aromatic N) is 2. The smallest absolute Gasteiger partial charge is 0.270 e. The van der Waals surface area contributed by atoms with Crippen molar-refractivity contribution in [1.82, 2.24) is 15.3 Å². The monoisotopic (exact) mass is 330 g/mol. The van der Waals surface area contributed by atoms with Crippen LogP contribution in [0, 0.1) is 18.7 Å². The van der Waals surface area contributed by atoms with Crippen molar-refractivity contribution in [3.63, 3.8) is 0 Å². The third-order valence-corrected chi connectivity index (χ3v) is 3.40. The van der Waals surface area contributed by atoms with Gasteiger partial charge in [0.1, 0.15) is 23.2 Å².